The van der Waals surface area contributed by atoms with E-state index < -0.39 is 0 Å². The van der Waals surface area contributed by atoms with Gasteiger partial charge in [-0.1, -0.05) is 47.7 Å². The van der Waals surface area contributed by atoms with Crippen molar-refractivity contribution in [2.24, 2.45) is 0 Å². The Morgan fingerprint density at radius 2 is 1.82 bits per heavy atom. The second-order valence-corrected chi connectivity index (χ2v) is 8.50. The molecule has 0 radical (unpaired) electrons. The van der Waals surface area contributed by atoms with Crippen molar-refractivity contribution in [2.45, 2.75) is 13.8 Å². The van der Waals surface area contributed by atoms with E-state index in [1.165, 1.54) is 16.7 Å². The van der Waals surface area contributed by atoms with E-state index in [4.69, 9.17) is 33.3 Å². The van der Waals surface area contributed by atoms with Crippen LogP contribution in [-0.2, 0) is 4.79 Å². The van der Waals surface area contributed by atoms with Gasteiger partial charge in [-0.3, -0.25) is 9.69 Å². The number of ether oxygens (including phenoxy) is 2. The van der Waals surface area contributed by atoms with Gasteiger partial charge >= 0.3 is 0 Å². The summed E-state index contributed by atoms with van der Waals surface area (Å²) in [5.41, 5.74) is 2.96. The highest BCUT2D eigenvalue weighted by molar-refractivity contribution is 8.26. The van der Waals surface area contributed by atoms with Crippen molar-refractivity contribution in [2.75, 3.05) is 20.3 Å². The van der Waals surface area contributed by atoms with E-state index in [9.17, 15) is 4.79 Å². The van der Waals surface area contributed by atoms with Gasteiger partial charge in [0.25, 0.3) is 5.91 Å². The summed E-state index contributed by atoms with van der Waals surface area (Å²) in [5, 5.41) is 0.567. The van der Waals surface area contributed by atoms with Crippen LogP contribution in [0, 0.1) is 13.8 Å². The molecule has 0 spiro atoms. The molecule has 1 aliphatic heterocycles. The minimum atomic E-state index is -0.126. The van der Waals surface area contributed by atoms with Gasteiger partial charge in [-0.2, -0.15) is 0 Å². The lowest BCUT2D eigenvalue weighted by molar-refractivity contribution is -0.121. The monoisotopic (exact) mass is 433 g/mol. The molecule has 2 aromatic rings. The number of likely N-dealkylation sites (N-methyl/N-ethyl adjacent to an activating group) is 1. The number of carbonyl (C=O) groups excluding carboxylic acids is 1. The highest BCUT2D eigenvalue weighted by Crippen LogP contribution is 2.34. The van der Waals surface area contributed by atoms with Crippen LogP contribution in [0.4, 0.5) is 0 Å². The summed E-state index contributed by atoms with van der Waals surface area (Å²) in [4.78, 5) is 14.2. The molecule has 0 N–H and O–H groups in total. The molecule has 4 nitrogen and oxygen atoms in total. The maximum absolute atomic E-state index is 12.2. The molecule has 0 bridgehead atoms. The van der Waals surface area contributed by atoms with Crippen LogP contribution in [0.15, 0.2) is 41.3 Å². The van der Waals surface area contributed by atoms with Crippen LogP contribution < -0.4 is 9.47 Å². The predicted octanol–water partition coefficient (Wildman–Crippen LogP) is 5.25. The maximum Gasteiger partial charge on any atom is 0.265 e. The van der Waals surface area contributed by atoms with E-state index in [0.29, 0.717) is 33.2 Å². The lowest BCUT2D eigenvalue weighted by atomic mass is 10.1. The van der Waals surface area contributed by atoms with Crippen molar-refractivity contribution in [3.05, 3.63) is 63.0 Å². The van der Waals surface area contributed by atoms with Gasteiger partial charge in [0.1, 0.15) is 29.0 Å². The molecule has 3 rings (SSSR count). The van der Waals surface area contributed by atoms with Crippen LogP contribution in [0.5, 0.6) is 11.5 Å². The van der Waals surface area contributed by atoms with Crippen molar-refractivity contribution >= 4 is 51.9 Å². The first-order valence-electron chi connectivity index (χ1n) is 8.69. The lowest BCUT2D eigenvalue weighted by Gasteiger charge is -2.13. The summed E-state index contributed by atoms with van der Waals surface area (Å²) >= 11 is 12.6. The van der Waals surface area contributed by atoms with Crippen LogP contribution in [0.3, 0.4) is 0 Å². The van der Waals surface area contributed by atoms with Crippen molar-refractivity contribution in [1.29, 1.82) is 0 Å². The number of amides is 1. The highest BCUT2D eigenvalue weighted by Gasteiger charge is 2.29. The zero-order chi connectivity index (χ0) is 20.3. The second kappa shape index (κ2) is 8.99. The fourth-order valence-electron chi connectivity index (χ4n) is 2.62. The topological polar surface area (TPSA) is 38.8 Å². The summed E-state index contributed by atoms with van der Waals surface area (Å²) < 4.78 is 12.3. The third-order valence-corrected chi connectivity index (χ3v) is 5.91. The normalized spacial score (nSPS) is 15.4. The van der Waals surface area contributed by atoms with Crippen LogP contribution >= 0.6 is 35.6 Å². The number of hydrogen-bond donors (Lipinski definition) is 0. The van der Waals surface area contributed by atoms with Gasteiger partial charge in [-0.05, 0) is 55.3 Å². The lowest BCUT2D eigenvalue weighted by Crippen LogP contribution is -2.22. The van der Waals surface area contributed by atoms with Crippen molar-refractivity contribution in [3.63, 3.8) is 0 Å². The van der Waals surface area contributed by atoms with E-state index >= 15 is 0 Å². The Balaban J connectivity index is 1.69. The minimum Gasteiger partial charge on any atom is -0.490 e. The summed E-state index contributed by atoms with van der Waals surface area (Å²) in [7, 11) is 1.67. The predicted molar refractivity (Wildman–Crippen MR) is 119 cm³/mol. The number of thiocarbonyl (C=S) groups is 1. The number of benzene rings is 2. The number of halogens is 1. The fourth-order valence-corrected chi connectivity index (χ4v) is 3.97. The Morgan fingerprint density at radius 3 is 2.50 bits per heavy atom. The van der Waals surface area contributed by atoms with E-state index in [1.807, 2.05) is 26.0 Å². The Morgan fingerprint density at radius 1 is 1.11 bits per heavy atom. The first-order valence-corrected chi connectivity index (χ1v) is 10.3. The van der Waals surface area contributed by atoms with Gasteiger partial charge < -0.3 is 9.47 Å². The molecule has 7 heteroatoms. The smallest absolute Gasteiger partial charge is 0.265 e. The number of aryl methyl sites for hydroxylation is 2. The Labute approximate surface area is 179 Å². The van der Waals surface area contributed by atoms with Crippen molar-refractivity contribution in [1.82, 2.24) is 4.90 Å². The largest absolute Gasteiger partial charge is 0.490 e. The second-order valence-electron chi connectivity index (χ2n) is 6.39. The summed E-state index contributed by atoms with van der Waals surface area (Å²) in [6, 6.07) is 11.4. The molecule has 0 unspecified atom stereocenters. The first-order chi connectivity index (χ1) is 13.3. The molecule has 1 aliphatic rings. The van der Waals surface area contributed by atoms with Gasteiger partial charge in [0.05, 0.1) is 4.91 Å². The molecule has 1 heterocycles. The molecule has 0 aromatic heterocycles. The van der Waals surface area contributed by atoms with E-state index in [2.05, 4.69) is 6.07 Å². The highest BCUT2D eigenvalue weighted by atomic mass is 35.5. The summed E-state index contributed by atoms with van der Waals surface area (Å²) in [6.07, 6.45) is 1.76. The third-order valence-electron chi connectivity index (χ3n) is 4.19. The van der Waals surface area contributed by atoms with Crippen molar-refractivity contribution < 1.29 is 14.3 Å². The quantitative estimate of drug-likeness (QED) is 0.353. The Bertz CT molecular complexity index is 959. The fraction of sp³-hybridized carbons (Fsp3) is 0.238. The summed E-state index contributed by atoms with van der Waals surface area (Å²) in [6.45, 7) is 4.81. The number of thioether (sulfide) groups is 1. The first kappa shape index (κ1) is 20.7. The minimum absolute atomic E-state index is 0.126. The molecule has 2 aromatic carbocycles. The van der Waals surface area contributed by atoms with Gasteiger partial charge in [-0.25, -0.2) is 0 Å². The Hall–Kier alpha value is -2.02. The SMILES string of the molecule is Cc1ccc(C)c(OCCOc2ccc(Cl)cc2/C=C2\SC(=S)N(C)C2=O)c1. The zero-order valence-corrected chi connectivity index (χ0v) is 18.2. The number of hydrogen-bond acceptors (Lipinski definition) is 5. The number of carbonyl (C=O) groups is 1. The molecule has 0 aliphatic carbocycles. The molecule has 146 valence electrons. The van der Waals surface area contributed by atoms with Crippen LogP contribution in [0.2, 0.25) is 5.02 Å². The standard InChI is InChI=1S/C21H20ClNO3S2/c1-13-4-5-14(2)18(10-13)26-9-8-25-17-7-6-16(22)11-15(17)12-19-20(24)23(3)21(27)28-19/h4-7,10-12H,8-9H2,1-3H3/b19-12-. The average molecular weight is 434 g/mol. The average Bonchev–Trinajstić information content (AvgIpc) is 2.89. The molecule has 28 heavy (non-hydrogen) atoms. The molecule has 1 fully saturated rings. The van der Waals surface area contributed by atoms with Gasteiger partial charge in [0.15, 0.2) is 0 Å². The van der Waals surface area contributed by atoms with E-state index in [-0.39, 0.29) is 5.91 Å². The van der Waals surface area contributed by atoms with E-state index in [0.717, 1.165) is 22.4 Å². The Kier molecular flexibility index (Phi) is 6.65. The van der Waals surface area contributed by atoms with Crippen LogP contribution in [0.1, 0.15) is 16.7 Å². The van der Waals surface area contributed by atoms with Gasteiger partial charge in [-0.15, -0.1) is 0 Å². The molecule has 0 atom stereocenters. The third kappa shape index (κ3) is 4.87. The van der Waals surface area contributed by atoms with Crippen molar-refractivity contribution in [3.8, 4) is 11.5 Å². The molecule has 1 amide bonds. The molecular weight excluding hydrogens is 414 g/mol. The molecule has 0 saturated carbocycles. The maximum atomic E-state index is 12.2. The van der Waals surface area contributed by atoms with Gasteiger partial charge in [0, 0.05) is 17.6 Å². The van der Waals surface area contributed by atoms with Crippen LogP contribution in [0.25, 0.3) is 6.08 Å². The number of nitrogens with zero attached hydrogens (tertiary/aromatic N) is 1. The molecular formula is C21H20ClNO3S2. The molecule has 1 saturated heterocycles. The number of rotatable bonds is 6. The van der Waals surface area contributed by atoms with Gasteiger partial charge in [0.2, 0.25) is 0 Å². The van der Waals surface area contributed by atoms with E-state index in [1.54, 1.807) is 31.3 Å². The summed E-state index contributed by atoms with van der Waals surface area (Å²) in [5.74, 6) is 1.36. The zero-order valence-electron chi connectivity index (χ0n) is 15.8. The van der Waals surface area contributed by atoms with Crippen LogP contribution in [-0.4, -0.2) is 35.4 Å².